The molecule has 0 unspecified atom stereocenters. The van der Waals surface area contributed by atoms with Crippen LogP contribution in [0.1, 0.15) is 30.5 Å². The molecule has 3 aromatic rings. The molecule has 4 rings (SSSR count). The first-order valence-corrected chi connectivity index (χ1v) is 7.56. The molecule has 130 valence electrons. The summed E-state index contributed by atoms with van der Waals surface area (Å²) < 4.78 is 44.9. The van der Waals surface area contributed by atoms with E-state index in [1.165, 1.54) is 22.9 Å². The van der Waals surface area contributed by atoms with Gasteiger partial charge in [0.25, 0.3) is 5.56 Å². The van der Waals surface area contributed by atoms with E-state index in [0.717, 1.165) is 18.5 Å². The van der Waals surface area contributed by atoms with Crippen LogP contribution in [0.15, 0.2) is 39.9 Å². The van der Waals surface area contributed by atoms with Gasteiger partial charge in [0.05, 0.1) is 18.3 Å². The van der Waals surface area contributed by atoms with Crippen LogP contribution in [0.3, 0.4) is 0 Å². The monoisotopic (exact) mass is 351 g/mol. The lowest BCUT2D eigenvalue weighted by Crippen LogP contribution is -2.19. The third-order valence-corrected chi connectivity index (χ3v) is 3.84. The van der Waals surface area contributed by atoms with Gasteiger partial charge in [-0.05, 0) is 25.0 Å². The molecular weight excluding hydrogens is 339 g/mol. The lowest BCUT2D eigenvalue weighted by Gasteiger charge is -2.04. The molecule has 0 aliphatic heterocycles. The van der Waals surface area contributed by atoms with Gasteiger partial charge in [-0.25, -0.2) is 0 Å². The van der Waals surface area contributed by atoms with Crippen molar-refractivity contribution in [1.29, 1.82) is 0 Å². The molecule has 0 amide bonds. The quantitative estimate of drug-likeness (QED) is 0.722. The first-order valence-electron chi connectivity index (χ1n) is 7.56. The van der Waals surface area contributed by atoms with Crippen molar-refractivity contribution < 1.29 is 17.7 Å². The summed E-state index contributed by atoms with van der Waals surface area (Å²) in [5, 5.41) is 7.68. The Labute approximate surface area is 138 Å². The number of aromatic nitrogens is 5. The molecular formula is C15H12F3N5O2. The van der Waals surface area contributed by atoms with E-state index in [2.05, 4.69) is 19.8 Å². The average molecular weight is 351 g/mol. The van der Waals surface area contributed by atoms with Gasteiger partial charge >= 0.3 is 12.1 Å². The third-order valence-electron chi connectivity index (χ3n) is 3.84. The van der Waals surface area contributed by atoms with Crippen molar-refractivity contribution in [2.75, 3.05) is 0 Å². The Bertz CT molecular complexity index is 968. The Morgan fingerprint density at radius 2 is 2.04 bits per heavy atom. The number of hydrogen-bond acceptors (Lipinski definition) is 5. The van der Waals surface area contributed by atoms with Crippen molar-refractivity contribution in [1.82, 2.24) is 24.5 Å². The molecule has 1 saturated carbocycles. The van der Waals surface area contributed by atoms with Crippen molar-refractivity contribution in [3.8, 4) is 11.4 Å². The molecule has 0 radical (unpaired) electrons. The van der Waals surface area contributed by atoms with Gasteiger partial charge < -0.3 is 9.09 Å². The van der Waals surface area contributed by atoms with Gasteiger partial charge in [0.1, 0.15) is 0 Å². The van der Waals surface area contributed by atoms with E-state index >= 15 is 0 Å². The molecule has 0 spiro atoms. The van der Waals surface area contributed by atoms with Crippen LogP contribution >= 0.6 is 0 Å². The van der Waals surface area contributed by atoms with Crippen molar-refractivity contribution in [3.05, 3.63) is 52.5 Å². The topological polar surface area (TPSA) is 78.7 Å². The van der Waals surface area contributed by atoms with Crippen LogP contribution < -0.4 is 5.56 Å². The lowest BCUT2D eigenvalue weighted by molar-refractivity contribution is -0.159. The van der Waals surface area contributed by atoms with Gasteiger partial charge in [-0.2, -0.15) is 23.3 Å². The minimum atomic E-state index is -4.72. The Hall–Kier alpha value is -2.91. The minimum Gasteiger partial charge on any atom is -0.329 e. The fourth-order valence-corrected chi connectivity index (χ4v) is 2.41. The first-order chi connectivity index (χ1) is 11.9. The molecule has 1 aliphatic rings. The number of alkyl halides is 3. The summed E-state index contributed by atoms with van der Waals surface area (Å²) in [6.45, 7) is 0.277. The second-order valence-corrected chi connectivity index (χ2v) is 5.82. The summed E-state index contributed by atoms with van der Waals surface area (Å²) in [5.74, 6) is -1.73. The maximum atomic E-state index is 12.5. The van der Waals surface area contributed by atoms with E-state index in [4.69, 9.17) is 0 Å². The highest BCUT2D eigenvalue weighted by Gasteiger charge is 2.38. The number of nitrogens with zero attached hydrogens (tertiary/aromatic N) is 5. The Kier molecular flexibility index (Phi) is 3.48. The number of hydrogen-bond donors (Lipinski definition) is 0. The maximum Gasteiger partial charge on any atom is 0.471 e. The average Bonchev–Trinajstić information content (AvgIpc) is 3.09. The van der Waals surface area contributed by atoms with Gasteiger partial charge in [0.15, 0.2) is 0 Å². The SMILES string of the molecule is O=c1cc(-c2noc(C(F)(F)F)n2)ccn1Cc1ccn(C2CC2)n1. The first kappa shape index (κ1) is 15.6. The lowest BCUT2D eigenvalue weighted by atomic mass is 10.2. The van der Waals surface area contributed by atoms with E-state index in [1.54, 1.807) is 0 Å². The van der Waals surface area contributed by atoms with Gasteiger partial charge in [0, 0.05) is 24.0 Å². The smallest absolute Gasteiger partial charge is 0.329 e. The van der Waals surface area contributed by atoms with Crippen LogP contribution in [0.2, 0.25) is 0 Å². The molecule has 0 saturated heterocycles. The Balaban J connectivity index is 1.55. The Morgan fingerprint density at radius 1 is 1.24 bits per heavy atom. The van der Waals surface area contributed by atoms with Crippen LogP contribution in [0.25, 0.3) is 11.4 Å². The van der Waals surface area contributed by atoms with Crippen LogP contribution in [0.4, 0.5) is 13.2 Å². The number of halogens is 3. The third kappa shape index (κ3) is 3.19. The van der Waals surface area contributed by atoms with Crippen molar-refractivity contribution >= 4 is 0 Å². The van der Waals surface area contributed by atoms with Crippen LogP contribution in [-0.4, -0.2) is 24.5 Å². The molecule has 3 heterocycles. The van der Waals surface area contributed by atoms with Gasteiger partial charge in [-0.15, -0.1) is 0 Å². The van der Waals surface area contributed by atoms with E-state index in [9.17, 15) is 18.0 Å². The molecule has 0 N–H and O–H groups in total. The zero-order valence-corrected chi connectivity index (χ0v) is 12.8. The fourth-order valence-electron chi connectivity index (χ4n) is 2.41. The van der Waals surface area contributed by atoms with Crippen molar-refractivity contribution in [2.45, 2.75) is 31.6 Å². The van der Waals surface area contributed by atoms with Gasteiger partial charge in [-0.1, -0.05) is 5.16 Å². The highest BCUT2D eigenvalue weighted by molar-refractivity contribution is 5.52. The highest BCUT2D eigenvalue weighted by Crippen LogP contribution is 2.34. The summed E-state index contributed by atoms with van der Waals surface area (Å²) in [5.41, 5.74) is 0.501. The van der Waals surface area contributed by atoms with Crippen LogP contribution in [0.5, 0.6) is 0 Å². The molecule has 25 heavy (non-hydrogen) atoms. The van der Waals surface area contributed by atoms with E-state index in [-0.39, 0.29) is 17.9 Å². The minimum absolute atomic E-state index is 0.156. The van der Waals surface area contributed by atoms with Crippen molar-refractivity contribution in [2.24, 2.45) is 0 Å². The summed E-state index contributed by atoms with van der Waals surface area (Å²) in [7, 11) is 0. The van der Waals surface area contributed by atoms with E-state index < -0.39 is 17.6 Å². The predicted octanol–water partition coefficient (Wildman–Crippen LogP) is 2.50. The second kappa shape index (κ2) is 5.57. The molecule has 10 heteroatoms. The largest absolute Gasteiger partial charge is 0.471 e. The predicted molar refractivity (Wildman–Crippen MR) is 78.6 cm³/mol. The summed E-state index contributed by atoms with van der Waals surface area (Å²) in [4.78, 5) is 15.5. The van der Waals surface area contributed by atoms with E-state index in [1.807, 2.05) is 16.9 Å². The number of pyridine rings is 1. The molecule has 3 aromatic heterocycles. The zero-order valence-electron chi connectivity index (χ0n) is 12.8. The highest BCUT2D eigenvalue weighted by atomic mass is 19.4. The van der Waals surface area contributed by atoms with Gasteiger partial charge in [-0.3, -0.25) is 9.48 Å². The fraction of sp³-hybridized carbons (Fsp3) is 0.333. The summed E-state index contributed by atoms with van der Waals surface area (Å²) in [6, 6.07) is 4.93. The number of rotatable bonds is 4. The molecule has 0 atom stereocenters. The van der Waals surface area contributed by atoms with E-state index in [0.29, 0.717) is 6.04 Å². The van der Waals surface area contributed by atoms with Crippen molar-refractivity contribution in [3.63, 3.8) is 0 Å². The zero-order chi connectivity index (χ0) is 17.6. The van der Waals surface area contributed by atoms with Gasteiger partial charge in [0.2, 0.25) is 5.82 Å². The second-order valence-electron chi connectivity index (χ2n) is 5.82. The summed E-state index contributed by atoms with van der Waals surface area (Å²) >= 11 is 0. The maximum absolute atomic E-state index is 12.5. The normalized spacial score (nSPS) is 14.8. The Morgan fingerprint density at radius 3 is 2.68 bits per heavy atom. The van der Waals surface area contributed by atoms with Crippen LogP contribution in [0, 0.1) is 0 Å². The molecule has 1 aliphatic carbocycles. The van der Waals surface area contributed by atoms with Crippen LogP contribution in [-0.2, 0) is 12.7 Å². The summed E-state index contributed by atoms with van der Waals surface area (Å²) in [6.07, 6.45) is 0.850. The molecule has 0 bridgehead atoms. The molecule has 7 nitrogen and oxygen atoms in total. The molecule has 0 aromatic carbocycles. The standard InChI is InChI=1S/C15H12F3N5O2/c16-15(17,18)14-19-13(21-25-14)9-3-5-22(12(24)7-9)8-10-4-6-23(20-10)11-1-2-11/h3-7,11H,1-2,8H2. The molecule has 1 fully saturated rings.